The largest absolute Gasteiger partial charge is 0.334 e. The highest BCUT2D eigenvalue weighted by atomic mass is 16.2. The van der Waals surface area contributed by atoms with Gasteiger partial charge in [0, 0.05) is 32.7 Å². The molecule has 3 aliphatic rings. The number of likely N-dealkylation sites (N-methyl/N-ethyl adjacent to an activating group) is 1. The SMILES string of the molecule is C[C@H](N)CCCCN1C(=O)C2C(NC3=NCCCN32)N(C)C1=O. The fraction of sp³-hybridized carbons (Fsp3) is 0.800. The number of nitrogens with zero attached hydrogens (tertiary/aromatic N) is 4. The van der Waals surface area contributed by atoms with Crippen molar-refractivity contribution in [1.82, 2.24) is 20.0 Å². The summed E-state index contributed by atoms with van der Waals surface area (Å²) >= 11 is 0. The molecule has 3 atom stereocenters. The van der Waals surface area contributed by atoms with Crippen molar-refractivity contribution in [2.45, 2.75) is 50.9 Å². The number of hydrogen-bond acceptors (Lipinski definition) is 6. The molecule has 3 N–H and O–H groups in total. The normalized spacial score (nSPS) is 28.3. The van der Waals surface area contributed by atoms with Crippen LogP contribution >= 0.6 is 0 Å². The topological polar surface area (TPSA) is 94.3 Å². The summed E-state index contributed by atoms with van der Waals surface area (Å²) in [4.78, 5) is 34.8. The number of rotatable bonds is 5. The van der Waals surface area contributed by atoms with E-state index in [1.165, 1.54) is 4.90 Å². The van der Waals surface area contributed by atoms with Crippen molar-refractivity contribution in [3.63, 3.8) is 0 Å². The molecule has 3 rings (SSSR count). The third kappa shape index (κ3) is 2.87. The van der Waals surface area contributed by atoms with E-state index in [-0.39, 0.29) is 30.2 Å². The number of nitrogens with two attached hydrogens (primary N) is 1. The maximum atomic E-state index is 12.9. The van der Waals surface area contributed by atoms with E-state index in [9.17, 15) is 9.59 Å². The number of carbonyl (C=O) groups is 2. The molecular weight excluding hydrogens is 296 g/mol. The second kappa shape index (κ2) is 6.35. The first-order chi connectivity index (χ1) is 11.0. The molecule has 0 aliphatic carbocycles. The number of carbonyl (C=O) groups excluding carboxylic acids is 2. The number of unbranched alkanes of at least 4 members (excludes halogenated alkanes) is 1. The third-order valence-corrected chi connectivity index (χ3v) is 4.76. The number of imide groups is 1. The molecule has 2 saturated heterocycles. The lowest BCUT2D eigenvalue weighted by Crippen LogP contribution is -2.66. The van der Waals surface area contributed by atoms with Crippen LogP contribution in [0.5, 0.6) is 0 Å². The third-order valence-electron chi connectivity index (χ3n) is 4.76. The molecule has 128 valence electrons. The summed E-state index contributed by atoms with van der Waals surface area (Å²) in [5, 5.41) is 3.23. The van der Waals surface area contributed by atoms with E-state index in [2.05, 4.69) is 10.3 Å². The van der Waals surface area contributed by atoms with Gasteiger partial charge in [-0.3, -0.25) is 14.7 Å². The zero-order valence-electron chi connectivity index (χ0n) is 13.9. The minimum absolute atomic E-state index is 0.113. The van der Waals surface area contributed by atoms with E-state index in [1.54, 1.807) is 11.9 Å². The summed E-state index contributed by atoms with van der Waals surface area (Å²) in [6.07, 6.45) is 3.24. The summed E-state index contributed by atoms with van der Waals surface area (Å²) in [5.41, 5.74) is 5.75. The summed E-state index contributed by atoms with van der Waals surface area (Å²) in [5.74, 6) is 0.636. The van der Waals surface area contributed by atoms with Crippen molar-refractivity contribution in [2.75, 3.05) is 26.7 Å². The van der Waals surface area contributed by atoms with Crippen LogP contribution < -0.4 is 11.1 Å². The first-order valence-corrected chi connectivity index (χ1v) is 8.42. The van der Waals surface area contributed by atoms with Crippen molar-refractivity contribution in [3.8, 4) is 0 Å². The molecule has 0 spiro atoms. The van der Waals surface area contributed by atoms with Crippen LogP contribution in [0.3, 0.4) is 0 Å². The molecule has 8 heteroatoms. The summed E-state index contributed by atoms with van der Waals surface area (Å²) in [6.45, 7) is 4.00. The van der Waals surface area contributed by atoms with E-state index in [1.807, 2.05) is 11.8 Å². The van der Waals surface area contributed by atoms with Crippen LogP contribution in [0.1, 0.15) is 32.6 Å². The molecule has 3 heterocycles. The molecule has 0 aromatic carbocycles. The average Bonchev–Trinajstić information content (AvgIpc) is 2.91. The molecule has 3 aliphatic heterocycles. The zero-order chi connectivity index (χ0) is 16.6. The molecular formula is C15H26N6O2. The predicted octanol–water partition coefficient (Wildman–Crippen LogP) is -0.242. The minimum atomic E-state index is -0.356. The van der Waals surface area contributed by atoms with E-state index < -0.39 is 0 Å². The smallest absolute Gasteiger partial charge is 0.328 e. The molecule has 23 heavy (non-hydrogen) atoms. The quantitative estimate of drug-likeness (QED) is 0.681. The van der Waals surface area contributed by atoms with Crippen molar-refractivity contribution in [2.24, 2.45) is 10.7 Å². The van der Waals surface area contributed by atoms with Crippen LogP contribution in [0.4, 0.5) is 4.79 Å². The highest BCUT2D eigenvalue weighted by molar-refractivity contribution is 6.04. The minimum Gasteiger partial charge on any atom is -0.334 e. The Hall–Kier alpha value is -1.83. The van der Waals surface area contributed by atoms with Gasteiger partial charge in [-0.2, -0.15) is 0 Å². The molecule has 0 aromatic rings. The molecule has 2 unspecified atom stereocenters. The zero-order valence-corrected chi connectivity index (χ0v) is 13.9. The maximum Gasteiger partial charge on any atom is 0.328 e. The van der Waals surface area contributed by atoms with Crippen molar-refractivity contribution >= 4 is 17.9 Å². The van der Waals surface area contributed by atoms with Gasteiger partial charge in [-0.25, -0.2) is 4.79 Å². The summed E-state index contributed by atoms with van der Waals surface area (Å²) < 4.78 is 0. The Labute approximate surface area is 136 Å². The van der Waals surface area contributed by atoms with Gasteiger partial charge in [0.05, 0.1) is 0 Å². The average molecular weight is 322 g/mol. The Bertz CT molecular complexity index is 520. The fourth-order valence-corrected chi connectivity index (χ4v) is 3.49. The van der Waals surface area contributed by atoms with Gasteiger partial charge in [0.25, 0.3) is 5.91 Å². The second-order valence-corrected chi connectivity index (χ2v) is 6.64. The summed E-state index contributed by atoms with van der Waals surface area (Å²) in [7, 11) is 1.74. The highest BCUT2D eigenvalue weighted by Crippen LogP contribution is 2.26. The van der Waals surface area contributed by atoms with E-state index >= 15 is 0 Å². The number of amides is 3. The first-order valence-electron chi connectivity index (χ1n) is 8.42. The van der Waals surface area contributed by atoms with Crippen molar-refractivity contribution in [3.05, 3.63) is 0 Å². The number of guanidine groups is 1. The van der Waals surface area contributed by atoms with Crippen LogP contribution in [0, 0.1) is 0 Å². The van der Waals surface area contributed by atoms with Crippen LogP contribution in [0.15, 0.2) is 4.99 Å². The Kier molecular flexibility index (Phi) is 4.43. The van der Waals surface area contributed by atoms with Gasteiger partial charge in [0.2, 0.25) is 0 Å². The number of urea groups is 1. The molecule has 8 nitrogen and oxygen atoms in total. The number of fused-ring (bicyclic) bond motifs is 3. The van der Waals surface area contributed by atoms with Gasteiger partial charge in [-0.05, 0) is 26.2 Å². The van der Waals surface area contributed by atoms with Gasteiger partial charge in [-0.1, -0.05) is 6.42 Å². The van der Waals surface area contributed by atoms with Crippen LogP contribution in [0.2, 0.25) is 0 Å². The van der Waals surface area contributed by atoms with Crippen molar-refractivity contribution < 1.29 is 9.59 Å². The lowest BCUT2D eigenvalue weighted by molar-refractivity contribution is -0.137. The van der Waals surface area contributed by atoms with E-state index in [4.69, 9.17) is 5.73 Å². The standard InChI is InChI=1S/C15H26N6O2/c1-10(16)6-3-4-8-21-13(22)11-12(19(2)15(21)23)18-14-17-7-5-9-20(11)14/h10-12H,3-9,16H2,1-2H3,(H,17,18)/t10-,11?,12?/m0/s1. The van der Waals surface area contributed by atoms with Gasteiger partial charge in [0.1, 0.15) is 6.17 Å². The van der Waals surface area contributed by atoms with Crippen molar-refractivity contribution in [1.29, 1.82) is 0 Å². The van der Waals surface area contributed by atoms with Gasteiger partial charge >= 0.3 is 6.03 Å². The maximum absolute atomic E-state index is 12.9. The van der Waals surface area contributed by atoms with Gasteiger partial charge in [-0.15, -0.1) is 0 Å². The monoisotopic (exact) mass is 322 g/mol. The fourth-order valence-electron chi connectivity index (χ4n) is 3.49. The molecule has 0 bridgehead atoms. The lowest BCUT2D eigenvalue weighted by Gasteiger charge is -2.41. The number of aliphatic imine (C=N–C) groups is 1. The molecule has 0 saturated carbocycles. The number of nitrogens with one attached hydrogen (secondary N) is 1. The van der Waals surface area contributed by atoms with Gasteiger partial charge < -0.3 is 20.9 Å². The number of hydrogen-bond donors (Lipinski definition) is 2. The summed E-state index contributed by atoms with van der Waals surface area (Å²) in [6, 6.07) is -0.434. The van der Waals surface area contributed by atoms with E-state index in [0.29, 0.717) is 6.54 Å². The molecule has 0 radical (unpaired) electrons. The Morgan fingerprint density at radius 1 is 1.39 bits per heavy atom. The van der Waals surface area contributed by atoms with Crippen LogP contribution in [-0.2, 0) is 4.79 Å². The molecule has 0 aromatic heterocycles. The highest BCUT2D eigenvalue weighted by Gasteiger charge is 2.53. The first kappa shape index (κ1) is 16.0. The Balaban J connectivity index is 1.70. The molecule has 2 fully saturated rings. The second-order valence-electron chi connectivity index (χ2n) is 6.64. The van der Waals surface area contributed by atoms with Crippen LogP contribution in [0.25, 0.3) is 0 Å². The molecule has 3 amide bonds. The van der Waals surface area contributed by atoms with E-state index in [0.717, 1.165) is 44.7 Å². The predicted molar refractivity (Wildman–Crippen MR) is 86.7 cm³/mol. The Morgan fingerprint density at radius 2 is 2.17 bits per heavy atom. The Morgan fingerprint density at radius 3 is 2.91 bits per heavy atom. The van der Waals surface area contributed by atoms with Crippen LogP contribution in [-0.4, -0.2) is 77.5 Å². The lowest BCUT2D eigenvalue weighted by atomic mass is 10.1. The van der Waals surface area contributed by atoms with Gasteiger partial charge in [0.15, 0.2) is 12.0 Å².